The number of halogens is 3. The molecule has 0 saturated carbocycles. The van der Waals surface area contributed by atoms with Gasteiger partial charge in [0.2, 0.25) is 0 Å². The lowest BCUT2D eigenvalue weighted by molar-refractivity contribution is 0.101. The van der Waals surface area contributed by atoms with Crippen LogP contribution in [0.15, 0.2) is 67.4 Å². The Morgan fingerprint density at radius 1 is 1.27 bits per heavy atom. The highest BCUT2D eigenvalue weighted by Gasteiger charge is 2.38. The van der Waals surface area contributed by atoms with Gasteiger partial charge in [-0.25, -0.2) is 22.9 Å². The number of aromatic amines is 1. The minimum absolute atomic E-state index is 0.0424. The van der Waals surface area contributed by atoms with Crippen LogP contribution in [0.1, 0.15) is 31.3 Å². The van der Waals surface area contributed by atoms with Gasteiger partial charge in [0, 0.05) is 36.2 Å². The standard InChI is InChI=1S/C28H31F3N4O2/c1-4-28(2,3)25(26-33-14-24(34-26)21-12-20(29)10-11-22(21)30)32-13-19-15-35(16-23(19)31)27(36)37-17-18-8-6-5-7-9-18/h4-12,14,19,23,25,32H,1,13,15-17H2,2-3H3,(H,33,34)/t19-,23+,25+/m1/s1. The first-order chi connectivity index (χ1) is 17.7. The molecule has 2 N–H and O–H groups in total. The van der Waals surface area contributed by atoms with Gasteiger partial charge in [-0.1, -0.05) is 50.3 Å². The van der Waals surface area contributed by atoms with Gasteiger partial charge in [0.15, 0.2) is 0 Å². The fraction of sp³-hybridized carbons (Fsp3) is 0.357. The van der Waals surface area contributed by atoms with Gasteiger partial charge < -0.3 is 19.9 Å². The van der Waals surface area contributed by atoms with E-state index < -0.39 is 41.3 Å². The van der Waals surface area contributed by atoms with Crippen LogP contribution in [0.4, 0.5) is 18.0 Å². The number of benzene rings is 2. The minimum atomic E-state index is -1.22. The number of carbonyl (C=O) groups excluding carboxylic acids is 1. The first-order valence-electron chi connectivity index (χ1n) is 12.2. The summed E-state index contributed by atoms with van der Waals surface area (Å²) in [6.45, 7) is 8.34. The third-order valence-corrected chi connectivity index (χ3v) is 6.75. The SMILES string of the molecule is C=CC(C)(C)[C@@H](NC[C@@H]1CN(C(=O)OCc2ccccc2)C[C@@H]1F)c1nc(-c2cc(F)ccc2F)c[nH]1. The van der Waals surface area contributed by atoms with Crippen molar-refractivity contribution in [3.63, 3.8) is 0 Å². The Morgan fingerprint density at radius 3 is 2.76 bits per heavy atom. The van der Waals surface area contributed by atoms with E-state index in [1.807, 2.05) is 44.2 Å². The van der Waals surface area contributed by atoms with Crippen molar-refractivity contribution >= 4 is 6.09 Å². The van der Waals surface area contributed by atoms with Gasteiger partial charge in [0.25, 0.3) is 0 Å². The maximum Gasteiger partial charge on any atom is 0.410 e. The van der Waals surface area contributed by atoms with Crippen molar-refractivity contribution in [1.82, 2.24) is 20.2 Å². The van der Waals surface area contributed by atoms with E-state index in [-0.39, 0.29) is 37.5 Å². The third kappa shape index (κ3) is 6.22. The molecule has 3 aromatic rings. The number of hydrogen-bond donors (Lipinski definition) is 2. The molecule has 196 valence electrons. The van der Waals surface area contributed by atoms with Crippen LogP contribution < -0.4 is 5.32 Å². The van der Waals surface area contributed by atoms with Crippen LogP contribution in [0.25, 0.3) is 11.3 Å². The summed E-state index contributed by atoms with van der Waals surface area (Å²) in [4.78, 5) is 21.4. The Labute approximate surface area is 214 Å². The molecule has 1 saturated heterocycles. The van der Waals surface area contributed by atoms with Crippen molar-refractivity contribution < 1.29 is 22.7 Å². The third-order valence-electron chi connectivity index (χ3n) is 6.75. The average molecular weight is 513 g/mol. The summed E-state index contributed by atoms with van der Waals surface area (Å²) < 4.78 is 48.2. The molecule has 0 radical (unpaired) electrons. The van der Waals surface area contributed by atoms with Crippen molar-refractivity contribution in [3.05, 3.63) is 90.4 Å². The van der Waals surface area contributed by atoms with Gasteiger partial charge in [-0.3, -0.25) is 0 Å². The Kier molecular flexibility index (Phi) is 8.02. The molecule has 0 aliphatic carbocycles. The summed E-state index contributed by atoms with van der Waals surface area (Å²) >= 11 is 0. The number of imidazole rings is 1. The van der Waals surface area contributed by atoms with E-state index in [9.17, 15) is 18.0 Å². The molecular formula is C28H31F3N4O2. The van der Waals surface area contributed by atoms with E-state index in [0.29, 0.717) is 5.82 Å². The lowest BCUT2D eigenvalue weighted by atomic mass is 9.83. The quantitative estimate of drug-likeness (QED) is 0.355. The van der Waals surface area contributed by atoms with Crippen molar-refractivity contribution in [2.75, 3.05) is 19.6 Å². The fourth-order valence-electron chi connectivity index (χ4n) is 4.40. The molecule has 1 aliphatic rings. The second-order valence-electron chi connectivity index (χ2n) is 9.88. The summed E-state index contributed by atoms with van der Waals surface area (Å²) in [5, 5.41) is 3.36. The zero-order valence-corrected chi connectivity index (χ0v) is 20.9. The number of alkyl halides is 1. The topological polar surface area (TPSA) is 70.2 Å². The molecule has 1 aromatic heterocycles. The van der Waals surface area contributed by atoms with Gasteiger partial charge >= 0.3 is 6.09 Å². The number of nitrogens with one attached hydrogen (secondary N) is 2. The van der Waals surface area contributed by atoms with E-state index in [1.54, 1.807) is 6.08 Å². The zero-order chi connectivity index (χ0) is 26.6. The Bertz CT molecular complexity index is 1230. The molecule has 0 bridgehead atoms. The molecule has 0 unspecified atom stereocenters. The molecule has 9 heteroatoms. The van der Waals surface area contributed by atoms with Crippen molar-refractivity contribution in [2.24, 2.45) is 11.3 Å². The van der Waals surface area contributed by atoms with E-state index >= 15 is 0 Å². The summed E-state index contributed by atoms with van der Waals surface area (Å²) in [5.74, 6) is -1.12. The first kappa shape index (κ1) is 26.5. The number of amides is 1. The highest BCUT2D eigenvalue weighted by atomic mass is 19.1. The van der Waals surface area contributed by atoms with Crippen molar-refractivity contribution in [1.29, 1.82) is 0 Å². The Hall–Kier alpha value is -3.59. The normalized spacial score (nSPS) is 18.6. The summed E-state index contributed by atoms with van der Waals surface area (Å²) in [6, 6.07) is 12.1. The molecule has 2 heterocycles. The van der Waals surface area contributed by atoms with Crippen LogP contribution >= 0.6 is 0 Å². The predicted molar refractivity (Wildman–Crippen MR) is 135 cm³/mol. The highest BCUT2D eigenvalue weighted by molar-refractivity contribution is 5.68. The number of carbonyl (C=O) groups is 1. The molecule has 0 spiro atoms. The van der Waals surface area contributed by atoms with Crippen molar-refractivity contribution in [2.45, 2.75) is 32.7 Å². The molecule has 1 aliphatic heterocycles. The van der Waals surface area contributed by atoms with Gasteiger partial charge in [-0.15, -0.1) is 6.58 Å². The maximum atomic E-state index is 14.9. The Morgan fingerprint density at radius 2 is 2.03 bits per heavy atom. The molecule has 3 atom stereocenters. The van der Waals surface area contributed by atoms with Crippen LogP contribution in [-0.2, 0) is 11.3 Å². The monoisotopic (exact) mass is 512 g/mol. The first-order valence-corrected chi connectivity index (χ1v) is 12.2. The molecule has 1 amide bonds. The van der Waals surface area contributed by atoms with E-state index in [4.69, 9.17) is 4.74 Å². The number of H-pyrrole nitrogens is 1. The number of ether oxygens (including phenoxy) is 1. The Balaban J connectivity index is 1.42. The molecule has 4 rings (SSSR count). The highest BCUT2D eigenvalue weighted by Crippen LogP contribution is 2.35. The maximum absolute atomic E-state index is 14.9. The minimum Gasteiger partial charge on any atom is -0.445 e. The van der Waals surface area contributed by atoms with Crippen LogP contribution in [0.2, 0.25) is 0 Å². The lowest BCUT2D eigenvalue weighted by Gasteiger charge is -2.32. The van der Waals surface area contributed by atoms with Gasteiger partial charge in [0.05, 0.1) is 18.3 Å². The van der Waals surface area contributed by atoms with Gasteiger partial charge in [-0.05, 0) is 23.8 Å². The number of likely N-dealkylation sites (tertiary alicyclic amines) is 1. The summed E-state index contributed by atoms with van der Waals surface area (Å²) in [5.41, 5.74) is 0.640. The molecular weight excluding hydrogens is 481 g/mol. The zero-order valence-electron chi connectivity index (χ0n) is 20.9. The number of hydrogen-bond acceptors (Lipinski definition) is 4. The average Bonchev–Trinajstić information content (AvgIpc) is 3.52. The van der Waals surface area contributed by atoms with Gasteiger partial charge in [0.1, 0.15) is 30.2 Å². The molecule has 2 aromatic carbocycles. The smallest absolute Gasteiger partial charge is 0.410 e. The summed E-state index contributed by atoms with van der Waals surface area (Å²) in [7, 11) is 0. The second-order valence-corrected chi connectivity index (χ2v) is 9.88. The van der Waals surface area contributed by atoms with E-state index in [0.717, 1.165) is 23.8 Å². The number of nitrogens with zero attached hydrogens (tertiary/aromatic N) is 2. The van der Waals surface area contributed by atoms with Crippen molar-refractivity contribution in [3.8, 4) is 11.3 Å². The number of rotatable bonds is 9. The predicted octanol–water partition coefficient (Wildman–Crippen LogP) is 5.80. The van der Waals surface area contributed by atoms with Gasteiger partial charge in [-0.2, -0.15) is 0 Å². The van der Waals surface area contributed by atoms with Crippen LogP contribution in [-0.4, -0.2) is 46.8 Å². The van der Waals surface area contributed by atoms with Crippen LogP contribution in [0.5, 0.6) is 0 Å². The van der Waals surface area contributed by atoms with Crippen LogP contribution in [0, 0.1) is 23.0 Å². The molecule has 1 fully saturated rings. The van der Waals surface area contributed by atoms with E-state index in [1.165, 1.54) is 11.1 Å². The number of aromatic nitrogens is 2. The van der Waals surface area contributed by atoms with E-state index in [2.05, 4.69) is 21.9 Å². The lowest BCUT2D eigenvalue weighted by Crippen LogP contribution is -2.39. The fourth-order valence-corrected chi connectivity index (χ4v) is 4.40. The molecule has 37 heavy (non-hydrogen) atoms. The van der Waals surface area contributed by atoms with Crippen LogP contribution in [0.3, 0.4) is 0 Å². The molecule has 6 nitrogen and oxygen atoms in total. The second kappa shape index (κ2) is 11.2. The summed E-state index contributed by atoms with van der Waals surface area (Å²) in [6.07, 6.45) is 1.49. The largest absolute Gasteiger partial charge is 0.445 e.